The molecule has 1 heterocycles. The predicted octanol–water partition coefficient (Wildman–Crippen LogP) is 4.07. The molecule has 42 heavy (non-hydrogen) atoms. The summed E-state index contributed by atoms with van der Waals surface area (Å²) >= 11 is 0. The number of ether oxygens (including phenoxy) is 2. The maximum absolute atomic E-state index is 12.9. The predicted molar refractivity (Wildman–Crippen MR) is 154 cm³/mol. The van der Waals surface area contributed by atoms with Gasteiger partial charge in [-0.05, 0) is 34.9 Å². The molecule has 0 saturated heterocycles. The second-order valence-electron chi connectivity index (χ2n) is 8.80. The van der Waals surface area contributed by atoms with E-state index in [-0.39, 0.29) is 31.1 Å². The summed E-state index contributed by atoms with van der Waals surface area (Å²) in [7, 11) is 0. The van der Waals surface area contributed by atoms with Gasteiger partial charge in [0.1, 0.15) is 24.6 Å². The van der Waals surface area contributed by atoms with Crippen LogP contribution in [-0.2, 0) is 29.2 Å². The van der Waals surface area contributed by atoms with Crippen LogP contribution >= 0.6 is 0 Å². The molecule has 0 bridgehead atoms. The van der Waals surface area contributed by atoms with Crippen molar-refractivity contribution in [1.82, 2.24) is 15.6 Å². The van der Waals surface area contributed by atoms with Gasteiger partial charge in [0, 0.05) is 12.2 Å². The molecule has 0 radical (unpaired) electrons. The quantitative estimate of drug-likeness (QED) is 0.149. The molecule has 12 heteroatoms. The van der Waals surface area contributed by atoms with Crippen molar-refractivity contribution in [3.8, 4) is 0 Å². The summed E-state index contributed by atoms with van der Waals surface area (Å²) in [6, 6.07) is 28.0. The number of hydrogen-bond donors (Lipinski definition) is 5. The van der Waals surface area contributed by atoms with Crippen molar-refractivity contribution in [2.45, 2.75) is 19.8 Å². The van der Waals surface area contributed by atoms with E-state index >= 15 is 0 Å². The molecule has 1 aromatic heterocycles. The smallest absolute Gasteiger partial charge is 0.437 e. The number of carbonyl (C=O) groups is 4. The number of aliphatic imine (C=N–C) groups is 1. The summed E-state index contributed by atoms with van der Waals surface area (Å²) in [5.41, 5.74) is 8.46. The van der Waals surface area contributed by atoms with Crippen LogP contribution in [0.4, 0.5) is 15.3 Å². The normalized spacial score (nSPS) is 10.8. The van der Waals surface area contributed by atoms with E-state index in [1.807, 2.05) is 36.4 Å². The first-order valence-corrected chi connectivity index (χ1v) is 12.8. The van der Waals surface area contributed by atoms with Gasteiger partial charge >= 0.3 is 12.2 Å². The number of carbonyl (C=O) groups excluding carboxylic acids is 4. The number of rotatable bonds is 9. The summed E-state index contributed by atoms with van der Waals surface area (Å²) in [6.45, 7) is 0.232. The third-order valence-corrected chi connectivity index (χ3v) is 5.74. The first-order chi connectivity index (χ1) is 20.4. The van der Waals surface area contributed by atoms with Crippen LogP contribution in [0.2, 0.25) is 0 Å². The van der Waals surface area contributed by atoms with Crippen molar-refractivity contribution < 1.29 is 28.7 Å². The van der Waals surface area contributed by atoms with Gasteiger partial charge < -0.3 is 30.8 Å². The number of nitrogens with one attached hydrogen (secondary N) is 4. The number of hydrogen-bond acceptors (Lipinski definition) is 6. The standard InChI is InChI=1S/C30H28N6O6/c31-28(36-30(40)42-19-21-11-5-2-6-12-21)35-27(38)25-16-15-24(33-25)26(37)34-23-14-8-7-13-22(23)17-32-29(39)41-18-20-9-3-1-4-10-20/h1-16,33H,17-19H2,(H,32,39)(H,34,37)(H3,31,35,36,38,40). The summed E-state index contributed by atoms with van der Waals surface area (Å²) in [5.74, 6) is -1.72. The molecule has 0 atom stereocenters. The Bertz CT molecular complexity index is 1570. The highest BCUT2D eigenvalue weighted by atomic mass is 16.6. The third-order valence-electron chi connectivity index (χ3n) is 5.74. The Hall–Kier alpha value is -5.91. The number of nitrogens with two attached hydrogens (primary N) is 1. The topological polar surface area (TPSA) is 177 Å². The lowest BCUT2D eigenvalue weighted by Crippen LogP contribution is -2.37. The van der Waals surface area contributed by atoms with E-state index in [1.165, 1.54) is 12.1 Å². The maximum Gasteiger partial charge on any atom is 0.437 e. The molecule has 0 aliphatic carbocycles. The minimum atomic E-state index is -0.971. The van der Waals surface area contributed by atoms with Gasteiger partial charge in [-0.25, -0.2) is 9.59 Å². The van der Waals surface area contributed by atoms with Gasteiger partial charge in [-0.2, -0.15) is 0 Å². The summed E-state index contributed by atoms with van der Waals surface area (Å²) in [6.07, 6.45) is -1.58. The highest BCUT2D eigenvalue weighted by molar-refractivity contribution is 6.08. The minimum Gasteiger partial charge on any atom is -0.445 e. The van der Waals surface area contributed by atoms with Crippen molar-refractivity contribution in [3.63, 3.8) is 0 Å². The van der Waals surface area contributed by atoms with Crippen LogP contribution < -0.4 is 21.7 Å². The van der Waals surface area contributed by atoms with E-state index in [9.17, 15) is 19.2 Å². The zero-order chi connectivity index (χ0) is 29.7. The number of benzene rings is 3. The summed E-state index contributed by atoms with van der Waals surface area (Å²) in [5, 5.41) is 7.67. The highest BCUT2D eigenvalue weighted by Crippen LogP contribution is 2.16. The zero-order valence-corrected chi connectivity index (χ0v) is 22.3. The number of amides is 4. The Morgan fingerprint density at radius 2 is 1.29 bits per heavy atom. The number of para-hydroxylation sites is 1. The van der Waals surface area contributed by atoms with Crippen LogP contribution in [0.1, 0.15) is 37.7 Å². The lowest BCUT2D eigenvalue weighted by molar-refractivity contribution is 0.0972. The van der Waals surface area contributed by atoms with Crippen LogP contribution in [0.25, 0.3) is 0 Å². The fourth-order valence-electron chi connectivity index (χ4n) is 3.65. The average molecular weight is 569 g/mol. The SMILES string of the molecule is N/C(=N\C(=O)OCc1ccccc1)NC(=O)c1ccc(C(=O)Nc2ccccc2CNC(=O)OCc2ccccc2)[nH]1. The van der Waals surface area contributed by atoms with E-state index in [0.29, 0.717) is 11.3 Å². The number of aromatic nitrogens is 1. The fourth-order valence-corrected chi connectivity index (χ4v) is 3.65. The van der Waals surface area contributed by atoms with E-state index in [0.717, 1.165) is 11.1 Å². The largest absolute Gasteiger partial charge is 0.445 e. The van der Waals surface area contributed by atoms with Crippen LogP contribution in [-0.4, -0.2) is 34.9 Å². The second kappa shape index (κ2) is 14.5. The number of aromatic amines is 1. The van der Waals surface area contributed by atoms with E-state index in [2.05, 4.69) is 25.9 Å². The van der Waals surface area contributed by atoms with Gasteiger partial charge in [0.15, 0.2) is 0 Å². The molecule has 0 unspecified atom stereocenters. The van der Waals surface area contributed by atoms with Crippen molar-refractivity contribution in [1.29, 1.82) is 0 Å². The first-order valence-electron chi connectivity index (χ1n) is 12.8. The van der Waals surface area contributed by atoms with Gasteiger partial charge in [0.05, 0.1) is 0 Å². The minimum absolute atomic E-state index is 0.00294. The number of nitrogens with zero attached hydrogens (tertiary/aromatic N) is 1. The molecular formula is C30H28N6O6. The highest BCUT2D eigenvalue weighted by Gasteiger charge is 2.16. The van der Waals surface area contributed by atoms with Gasteiger partial charge in [-0.15, -0.1) is 4.99 Å². The molecular weight excluding hydrogens is 540 g/mol. The Morgan fingerprint density at radius 1 is 0.714 bits per heavy atom. The molecule has 4 amide bonds. The molecule has 0 fully saturated rings. The van der Waals surface area contributed by atoms with Crippen molar-refractivity contribution in [3.05, 3.63) is 125 Å². The van der Waals surface area contributed by atoms with E-state index in [4.69, 9.17) is 15.2 Å². The zero-order valence-electron chi connectivity index (χ0n) is 22.3. The molecule has 4 aromatic rings. The van der Waals surface area contributed by atoms with Crippen LogP contribution in [0, 0.1) is 0 Å². The molecule has 0 spiro atoms. The maximum atomic E-state index is 12.9. The Kier molecular flexibility index (Phi) is 10.0. The Labute approximate surface area is 240 Å². The molecule has 4 rings (SSSR count). The lowest BCUT2D eigenvalue weighted by atomic mass is 10.1. The molecule has 0 saturated carbocycles. The number of H-pyrrole nitrogens is 1. The molecule has 0 aliphatic heterocycles. The number of guanidine groups is 1. The van der Waals surface area contributed by atoms with Crippen molar-refractivity contribution in [2.24, 2.45) is 10.7 Å². The van der Waals surface area contributed by atoms with E-state index in [1.54, 1.807) is 48.5 Å². The lowest BCUT2D eigenvalue weighted by Gasteiger charge is -2.12. The molecule has 0 aliphatic rings. The van der Waals surface area contributed by atoms with Crippen LogP contribution in [0.5, 0.6) is 0 Å². The molecule has 3 aromatic carbocycles. The Balaban J connectivity index is 1.27. The van der Waals surface area contributed by atoms with Gasteiger partial charge in [0.25, 0.3) is 11.8 Å². The molecule has 6 N–H and O–H groups in total. The Morgan fingerprint density at radius 3 is 1.95 bits per heavy atom. The van der Waals surface area contributed by atoms with Crippen molar-refractivity contribution in [2.75, 3.05) is 5.32 Å². The first kappa shape index (κ1) is 29.1. The van der Waals surface area contributed by atoms with E-state index < -0.39 is 30.0 Å². The fraction of sp³-hybridized carbons (Fsp3) is 0.100. The van der Waals surface area contributed by atoms with Gasteiger partial charge in [-0.3, -0.25) is 14.9 Å². The number of alkyl carbamates (subject to hydrolysis) is 1. The monoisotopic (exact) mass is 568 g/mol. The van der Waals surface area contributed by atoms with Gasteiger partial charge in [0.2, 0.25) is 5.96 Å². The van der Waals surface area contributed by atoms with Gasteiger partial charge in [-0.1, -0.05) is 78.9 Å². The number of anilines is 1. The van der Waals surface area contributed by atoms with Crippen LogP contribution in [0.15, 0.2) is 102 Å². The van der Waals surface area contributed by atoms with Crippen LogP contribution in [0.3, 0.4) is 0 Å². The van der Waals surface area contributed by atoms with Crippen molar-refractivity contribution >= 4 is 35.6 Å². The molecule has 214 valence electrons. The molecule has 12 nitrogen and oxygen atoms in total. The summed E-state index contributed by atoms with van der Waals surface area (Å²) in [4.78, 5) is 55.6. The second-order valence-corrected chi connectivity index (χ2v) is 8.80. The average Bonchev–Trinajstić information content (AvgIpc) is 3.51. The summed E-state index contributed by atoms with van der Waals surface area (Å²) < 4.78 is 10.2. The third kappa shape index (κ3) is 8.81.